The van der Waals surface area contributed by atoms with Gasteiger partial charge in [-0.3, -0.25) is 14.9 Å². The van der Waals surface area contributed by atoms with Crippen LogP contribution in [0.25, 0.3) is 0 Å². The molecule has 1 saturated heterocycles. The van der Waals surface area contributed by atoms with Gasteiger partial charge in [0.05, 0.1) is 6.20 Å². The van der Waals surface area contributed by atoms with Crippen LogP contribution in [0.4, 0.5) is 0 Å². The Labute approximate surface area is 150 Å². The third-order valence-corrected chi connectivity index (χ3v) is 4.10. The van der Waals surface area contributed by atoms with Crippen LogP contribution in [-0.2, 0) is 12.8 Å². The summed E-state index contributed by atoms with van der Waals surface area (Å²) in [5.74, 6) is 0.877. The van der Waals surface area contributed by atoms with Crippen molar-refractivity contribution in [3.05, 3.63) is 54.1 Å². The molecule has 3 heterocycles. The van der Waals surface area contributed by atoms with Crippen LogP contribution in [0.5, 0.6) is 5.75 Å². The minimum atomic E-state index is 0. The van der Waals surface area contributed by atoms with Crippen molar-refractivity contribution in [3.63, 3.8) is 0 Å². The van der Waals surface area contributed by atoms with E-state index in [2.05, 4.69) is 40.1 Å². The Morgan fingerprint density at radius 2 is 1.83 bits per heavy atom. The third kappa shape index (κ3) is 5.65. The number of pyridine rings is 2. The summed E-state index contributed by atoms with van der Waals surface area (Å²) in [5, 5.41) is 0. The van der Waals surface area contributed by atoms with Gasteiger partial charge >= 0.3 is 0 Å². The van der Waals surface area contributed by atoms with Crippen molar-refractivity contribution >= 4 is 24.8 Å². The molecule has 3 rings (SSSR count). The standard InChI is InChI=1S/C17H21N3O.2ClH/c1-20-9-6-16(20)13-21-17-10-15(11-19-12-17)3-2-14-4-7-18-8-5-14;;/h4-5,7-8,10-12,16H,2-3,6,9,13H2,1H3;2*1H/t16-;;/m0../s1. The highest BCUT2D eigenvalue weighted by Gasteiger charge is 2.24. The maximum absolute atomic E-state index is 5.86. The normalized spacial score (nSPS) is 16.7. The van der Waals surface area contributed by atoms with Gasteiger partial charge in [0.25, 0.3) is 0 Å². The number of hydrogen-bond donors (Lipinski definition) is 0. The first-order valence-corrected chi connectivity index (χ1v) is 7.47. The van der Waals surface area contributed by atoms with Crippen molar-refractivity contribution in [1.29, 1.82) is 0 Å². The molecule has 0 aliphatic carbocycles. The molecular formula is C17H23Cl2N3O. The van der Waals surface area contributed by atoms with Gasteiger partial charge in [-0.2, -0.15) is 0 Å². The first-order chi connectivity index (χ1) is 10.3. The van der Waals surface area contributed by atoms with E-state index in [0.717, 1.165) is 25.2 Å². The maximum Gasteiger partial charge on any atom is 0.137 e. The van der Waals surface area contributed by atoms with Crippen molar-refractivity contribution in [2.75, 3.05) is 20.2 Å². The fraction of sp³-hybridized carbons (Fsp3) is 0.412. The summed E-state index contributed by atoms with van der Waals surface area (Å²) in [6.07, 6.45) is 10.6. The maximum atomic E-state index is 5.86. The van der Waals surface area contributed by atoms with Gasteiger partial charge in [-0.1, -0.05) is 0 Å². The molecule has 1 aliphatic rings. The number of likely N-dealkylation sites (tertiary alicyclic amines) is 1. The lowest BCUT2D eigenvalue weighted by molar-refractivity contribution is 0.0767. The zero-order chi connectivity index (χ0) is 14.5. The predicted molar refractivity (Wildman–Crippen MR) is 96.9 cm³/mol. The first-order valence-electron chi connectivity index (χ1n) is 7.47. The lowest BCUT2D eigenvalue weighted by atomic mass is 10.1. The Balaban J connectivity index is 0.00000132. The molecule has 6 heteroatoms. The van der Waals surface area contributed by atoms with Crippen molar-refractivity contribution < 1.29 is 4.74 Å². The SMILES string of the molecule is CN1CC[C@H]1COc1cncc(CCc2ccncc2)c1.Cl.Cl. The number of nitrogens with zero attached hydrogens (tertiary/aromatic N) is 3. The number of aromatic nitrogens is 2. The molecule has 1 aliphatic heterocycles. The summed E-state index contributed by atoms with van der Waals surface area (Å²) < 4.78 is 5.86. The molecule has 4 nitrogen and oxygen atoms in total. The van der Waals surface area contributed by atoms with Crippen LogP contribution in [0.1, 0.15) is 17.5 Å². The van der Waals surface area contributed by atoms with E-state index in [0.29, 0.717) is 6.04 Å². The molecule has 0 bridgehead atoms. The lowest BCUT2D eigenvalue weighted by Crippen LogP contribution is -2.48. The molecule has 1 fully saturated rings. The molecule has 0 spiro atoms. The van der Waals surface area contributed by atoms with Gasteiger partial charge in [0.1, 0.15) is 12.4 Å². The highest BCUT2D eigenvalue weighted by Crippen LogP contribution is 2.18. The Hall–Kier alpha value is -1.36. The molecule has 0 saturated carbocycles. The number of halogens is 2. The summed E-state index contributed by atoms with van der Waals surface area (Å²) in [7, 11) is 2.14. The van der Waals surface area contributed by atoms with Crippen LogP contribution in [0.2, 0.25) is 0 Å². The monoisotopic (exact) mass is 355 g/mol. The molecule has 2 aromatic heterocycles. The van der Waals surface area contributed by atoms with Crippen LogP contribution in [-0.4, -0.2) is 41.1 Å². The highest BCUT2D eigenvalue weighted by atomic mass is 35.5. The molecule has 126 valence electrons. The highest BCUT2D eigenvalue weighted by molar-refractivity contribution is 5.85. The molecular weight excluding hydrogens is 333 g/mol. The van der Waals surface area contributed by atoms with Gasteiger partial charge in [0.2, 0.25) is 0 Å². The van der Waals surface area contributed by atoms with Crippen LogP contribution in [0.3, 0.4) is 0 Å². The van der Waals surface area contributed by atoms with Gasteiger partial charge in [0, 0.05) is 24.6 Å². The smallest absolute Gasteiger partial charge is 0.137 e. The minimum Gasteiger partial charge on any atom is -0.490 e. The summed E-state index contributed by atoms with van der Waals surface area (Å²) in [5.41, 5.74) is 2.51. The van der Waals surface area contributed by atoms with E-state index in [4.69, 9.17) is 4.74 Å². The molecule has 0 amide bonds. The summed E-state index contributed by atoms with van der Waals surface area (Å²) in [4.78, 5) is 10.6. The second kappa shape index (κ2) is 9.71. The largest absolute Gasteiger partial charge is 0.490 e. The van der Waals surface area contributed by atoms with E-state index < -0.39 is 0 Å². The van der Waals surface area contributed by atoms with Crippen molar-refractivity contribution in [2.24, 2.45) is 0 Å². The molecule has 2 aromatic rings. The number of rotatable bonds is 6. The lowest BCUT2D eigenvalue weighted by Gasteiger charge is -2.37. The van der Waals surface area contributed by atoms with E-state index in [9.17, 15) is 0 Å². The topological polar surface area (TPSA) is 38.2 Å². The molecule has 1 atom stereocenters. The Morgan fingerprint density at radius 3 is 2.48 bits per heavy atom. The predicted octanol–water partition coefficient (Wildman–Crippen LogP) is 3.19. The number of ether oxygens (including phenoxy) is 1. The Morgan fingerprint density at radius 1 is 1.09 bits per heavy atom. The van der Waals surface area contributed by atoms with Gasteiger partial charge in [-0.25, -0.2) is 0 Å². The van der Waals surface area contributed by atoms with E-state index in [1.807, 2.05) is 18.6 Å². The van der Waals surface area contributed by atoms with Gasteiger partial charge < -0.3 is 4.74 Å². The summed E-state index contributed by atoms with van der Waals surface area (Å²) in [6.45, 7) is 1.93. The third-order valence-electron chi connectivity index (χ3n) is 4.10. The van der Waals surface area contributed by atoms with Crippen molar-refractivity contribution in [3.8, 4) is 5.75 Å². The summed E-state index contributed by atoms with van der Waals surface area (Å²) in [6, 6.07) is 6.78. The van der Waals surface area contributed by atoms with Crippen LogP contribution >= 0.6 is 24.8 Å². The number of likely N-dealkylation sites (N-methyl/N-ethyl adjacent to an activating group) is 1. The van der Waals surface area contributed by atoms with Crippen molar-refractivity contribution in [1.82, 2.24) is 14.9 Å². The minimum absolute atomic E-state index is 0. The van der Waals surface area contributed by atoms with E-state index in [1.165, 1.54) is 24.1 Å². The number of hydrogen-bond acceptors (Lipinski definition) is 4. The number of aryl methyl sites for hydroxylation is 2. The molecule has 0 N–H and O–H groups in total. The van der Waals surface area contributed by atoms with E-state index in [-0.39, 0.29) is 24.8 Å². The molecule has 0 radical (unpaired) electrons. The second-order valence-electron chi connectivity index (χ2n) is 5.62. The molecule has 0 aromatic carbocycles. The van der Waals surface area contributed by atoms with E-state index >= 15 is 0 Å². The van der Waals surface area contributed by atoms with Crippen LogP contribution < -0.4 is 4.74 Å². The zero-order valence-electron chi connectivity index (χ0n) is 13.2. The van der Waals surface area contributed by atoms with Crippen LogP contribution in [0.15, 0.2) is 43.0 Å². The van der Waals surface area contributed by atoms with E-state index in [1.54, 1.807) is 6.20 Å². The van der Waals surface area contributed by atoms with Crippen LogP contribution in [0, 0.1) is 0 Å². The summed E-state index contributed by atoms with van der Waals surface area (Å²) >= 11 is 0. The van der Waals surface area contributed by atoms with Gasteiger partial charge in [0.15, 0.2) is 0 Å². The Bertz CT molecular complexity index is 583. The average Bonchev–Trinajstić information content (AvgIpc) is 2.53. The first kappa shape index (κ1) is 19.7. The fourth-order valence-electron chi connectivity index (χ4n) is 2.49. The van der Waals surface area contributed by atoms with Gasteiger partial charge in [-0.05, 0) is 62.2 Å². The quantitative estimate of drug-likeness (QED) is 0.797. The second-order valence-corrected chi connectivity index (χ2v) is 5.62. The van der Waals surface area contributed by atoms with Crippen molar-refractivity contribution in [2.45, 2.75) is 25.3 Å². The average molecular weight is 356 g/mol. The zero-order valence-corrected chi connectivity index (χ0v) is 14.9. The van der Waals surface area contributed by atoms with Gasteiger partial charge in [-0.15, -0.1) is 24.8 Å². The molecule has 23 heavy (non-hydrogen) atoms. The fourth-order valence-corrected chi connectivity index (χ4v) is 2.49. The Kier molecular flexibility index (Phi) is 8.31. The molecule has 0 unspecified atom stereocenters.